The number of rotatable bonds is 13. The van der Waals surface area contributed by atoms with Crippen LogP contribution in [0, 0.1) is 23.3 Å². The SMILES string of the molecule is C=CCCCOc1ccc(COc2ccc(-c3ccc(-c4ccc(C(O)CCC)cc4)c(F)c3F)cc2)c(F)c1F. The predicted molar refractivity (Wildman–Crippen MR) is 153 cm³/mol. The van der Waals surface area contributed by atoms with Gasteiger partial charge in [0.2, 0.25) is 5.82 Å². The van der Waals surface area contributed by atoms with Crippen LogP contribution in [0.3, 0.4) is 0 Å². The van der Waals surface area contributed by atoms with Crippen LogP contribution in [0.1, 0.15) is 49.8 Å². The van der Waals surface area contributed by atoms with Gasteiger partial charge in [0, 0.05) is 16.7 Å². The van der Waals surface area contributed by atoms with E-state index < -0.39 is 29.4 Å². The zero-order valence-corrected chi connectivity index (χ0v) is 22.8. The van der Waals surface area contributed by atoms with Crippen molar-refractivity contribution in [2.24, 2.45) is 0 Å². The number of aliphatic hydroxyl groups is 1. The van der Waals surface area contributed by atoms with Gasteiger partial charge in [-0.2, -0.15) is 4.39 Å². The highest BCUT2D eigenvalue weighted by Gasteiger charge is 2.18. The van der Waals surface area contributed by atoms with E-state index in [2.05, 4.69) is 6.58 Å². The quantitative estimate of drug-likeness (QED) is 0.0999. The van der Waals surface area contributed by atoms with E-state index in [4.69, 9.17) is 9.47 Å². The third kappa shape index (κ3) is 7.16. The van der Waals surface area contributed by atoms with Gasteiger partial charge in [-0.3, -0.25) is 0 Å². The zero-order chi connectivity index (χ0) is 29.4. The molecule has 214 valence electrons. The van der Waals surface area contributed by atoms with Gasteiger partial charge in [-0.25, -0.2) is 13.2 Å². The van der Waals surface area contributed by atoms with Crippen molar-refractivity contribution in [3.05, 3.63) is 120 Å². The summed E-state index contributed by atoms with van der Waals surface area (Å²) in [6.07, 6.45) is 3.93. The Morgan fingerprint density at radius 3 is 1.95 bits per heavy atom. The predicted octanol–water partition coefficient (Wildman–Crippen LogP) is 9.33. The van der Waals surface area contributed by atoms with Crippen LogP contribution in [0.2, 0.25) is 0 Å². The van der Waals surface area contributed by atoms with E-state index in [0.29, 0.717) is 36.1 Å². The molecular formula is C34H32F4O3. The fourth-order valence-corrected chi connectivity index (χ4v) is 4.42. The molecule has 0 heterocycles. The lowest BCUT2D eigenvalue weighted by atomic mass is 9.97. The van der Waals surface area contributed by atoms with Crippen molar-refractivity contribution in [1.82, 2.24) is 0 Å². The molecule has 0 saturated heterocycles. The second kappa shape index (κ2) is 14.0. The van der Waals surface area contributed by atoms with Gasteiger partial charge in [0.25, 0.3) is 0 Å². The second-order valence-corrected chi connectivity index (χ2v) is 9.66. The number of unbranched alkanes of at least 4 members (excludes halogenated alkanes) is 1. The van der Waals surface area contributed by atoms with Gasteiger partial charge in [0.05, 0.1) is 12.7 Å². The van der Waals surface area contributed by atoms with Crippen LogP contribution in [-0.4, -0.2) is 11.7 Å². The summed E-state index contributed by atoms with van der Waals surface area (Å²) in [6.45, 7) is 5.59. The Hall–Kier alpha value is -4.10. The molecule has 4 rings (SSSR count). The van der Waals surface area contributed by atoms with E-state index >= 15 is 8.78 Å². The molecule has 1 atom stereocenters. The first-order valence-corrected chi connectivity index (χ1v) is 13.5. The van der Waals surface area contributed by atoms with Gasteiger partial charge in [-0.05, 0) is 60.2 Å². The van der Waals surface area contributed by atoms with E-state index in [1.54, 1.807) is 54.6 Å². The van der Waals surface area contributed by atoms with Gasteiger partial charge in [-0.15, -0.1) is 6.58 Å². The van der Waals surface area contributed by atoms with Crippen molar-refractivity contribution >= 4 is 0 Å². The minimum Gasteiger partial charge on any atom is -0.490 e. The van der Waals surface area contributed by atoms with E-state index in [9.17, 15) is 13.9 Å². The third-order valence-corrected chi connectivity index (χ3v) is 6.75. The topological polar surface area (TPSA) is 38.7 Å². The highest BCUT2D eigenvalue weighted by molar-refractivity contribution is 5.72. The molecule has 0 bridgehead atoms. The average molecular weight is 565 g/mol. The summed E-state index contributed by atoms with van der Waals surface area (Å²) in [5, 5.41) is 10.1. The van der Waals surface area contributed by atoms with Crippen LogP contribution in [-0.2, 0) is 6.61 Å². The first kappa shape index (κ1) is 29.9. The molecule has 1 N–H and O–H groups in total. The fraction of sp³-hybridized carbons (Fsp3) is 0.235. The smallest absolute Gasteiger partial charge is 0.201 e. The Labute approximate surface area is 237 Å². The maximum Gasteiger partial charge on any atom is 0.201 e. The number of halogens is 4. The van der Waals surface area contributed by atoms with Crippen molar-refractivity contribution in [3.8, 4) is 33.8 Å². The maximum atomic E-state index is 15.1. The maximum absolute atomic E-state index is 15.1. The molecule has 0 aromatic heterocycles. The minimum atomic E-state index is -1.08. The summed E-state index contributed by atoms with van der Waals surface area (Å²) in [4.78, 5) is 0. The van der Waals surface area contributed by atoms with Crippen LogP contribution in [0.4, 0.5) is 17.6 Å². The van der Waals surface area contributed by atoms with Crippen molar-refractivity contribution in [2.75, 3.05) is 6.61 Å². The van der Waals surface area contributed by atoms with Crippen molar-refractivity contribution < 1.29 is 32.1 Å². The van der Waals surface area contributed by atoms with Crippen LogP contribution in [0.15, 0.2) is 85.5 Å². The number of allylic oxidation sites excluding steroid dienone is 1. The van der Waals surface area contributed by atoms with Crippen molar-refractivity contribution in [1.29, 1.82) is 0 Å². The highest BCUT2D eigenvalue weighted by atomic mass is 19.2. The number of aliphatic hydroxyl groups excluding tert-OH is 1. The Kier molecular flexibility index (Phi) is 10.2. The standard InChI is InChI=1S/C34H32F4O3/c1-3-5-6-20-40-30-19-14-25(31(35)34(30)38)21-41-26-15-12-23(13-16-26)28-18-17-27(32(36)33(28)37)22-8-10-24(11-9-22)29(39)7-4-2/h3,8-19,29,39H,1,4-7,20-21H2,2H3. The molecule has 0 fully saturated rings. The van der Waals surface area contributed by atoms with Gasteiger partial charge in [-0.1, -0.05) is 68.0 Å². The first-order valence-electron chi connectivity index (χ1n) is 13.5. The Morgan fingerprint density at radius 2 is 1.37 bits per heavy atom. The summed E-state index contributed by atoms with van der Waals surface area (Å²) >= 11 is 0. The molecule has 0 aliphatic heterocycles. The zero-order valence-electron chi connectivity index (χ0n) is 22.8. The fourth-order valence-electron chi connectivity index (χ4n) is 4.42. The molecule has 1 unspecified atom stereocenters. The molecule has 0 amide bonds. The van der Waals surface area contributed by atoms with E-state index in [1.807, 2.05) is 6.92 Å². The summed E-state index contributed by atoms with van der Waals surface area (Å²) in [5.74, 6) is -3.91. The molecule has 0 saturated carbocycles. The summed E-state index contributed by atoms with van der Waals surface area (Å²) < 4.78 is 70.0. The normalized spacial score (nSPS) is 11.8. The minimum absolute atomic E-state index is 0.0154. The van der Waals surface area contributed by atoms with Crippen LogP contribution in [0.25, 0.3) is 22.3 Å². The van der Waals surface area contributed by atoms with Crippen LogP contribution >= 0.6 is 0 Å². The summed E-state index contributed by atoms with van der Waals surface area (Å²) in [6, 6.07) is 18.8. The number of hydrogen-bond donors (Lipinski definition) is 1. The van der Waals surface area contributed by atoms with Gasteiger partial charge in [0.15, 0.2) is 23.2 Å². The average Bonchev–Trinajstić information content (AvgIpc) is 2.99. The molecule has 41 heavy (non-hydrogen) atoms. The molecule has 0 radical (unpaired) electrons. The first-order chi connectivity index (χ1) is 19.8. The Morgan fingerprint density at radius 1 is 0.756 bits per heavy atom. The molecule has 0 aliphatic rings. The van der Waals surface area contributed by atoms with E-state index in [0.717, 1.165) is 12.0 Å². The highest BCUT2D eigenvalue weighted by Crippen LogP contribution is 2.33. The number of benzene rings is 4. The molecule has 0 aliphatic carbocycles. The lowest BCUT2D eigenvalue weighted by Crippen LogP contribution is -2.04. The van der Waals surface area contributed by atoms with E-state index in [-0.39, 0.29) is 35.7 Å². The van der Waals surface area contributed by atoms with Crippen molar-refractivity contribution in [2.45, 2.75) is 45.3 Å². The van der Waals surface area contributed by atoms with Gasteiger partial charge >= 0.3 is 0 Å². The molecular weight excluding hydrogens is 532 g/mol. The lowest BCUT2D eigenvalue weighted by Gasteiger charge is -2.13. The largest absolute Gasteiger partial charge is 0.490 e. The Balaban J connectivity index is 1.43. The molecule has 4 aromatic rings. The molecule has 7 heteroatoms. The van der Waals surface area contributed by atoms with Crippen molar-refractivity contribution in [3.63, 3.8) is 0 Å². The Bertz CT molecular complexity index is 1470. The molecule has 4 aromatic carbocycles. The number of hydrogen-bond acceptors (Lipinski definition) is 3. The monoisotopic (exact) mass is 564 g/mol. The van der Waals surface area contributed by atoms with E-state index in [1.165, 1.54) is 24.3 Å². The lowest BCUT2D eigenvalue weighted by molar-refractivity contribution is 0.166. The third-order valence-electron chi connectivity index (χ3n) is 6.75. The number of ether oxygens (including phenoxy) is 2. The molecule has 3 nitrogen and oxygen atoms in total. The van der Waals surface area contributed by atoms with Gasteiger partial charge in [0.1, 0.15) is 12.4 Å². The second-order valence-electron chi connectivity index (χ2n) is 9.66. The van der Waals surface area contributed by atoms with Crippen LogP contribution in [0.5, 0.6) is 11.5 Å². The van der Waals surface area contributed by atoms with Crippen LogP contribution < -0.4 is 9.47 Å². The molecule has 0 spiro atoms. The summed E-state index contributed by atoms with van der Waals surface area (Å²) in [7, 11) is 0. The summed E-state index contributed by atoms with van der Waals surface area (Å²) in [5.41, 5.74) is 1.86. The van der Waals surface area contributed by atoms with Gasteiger partial charge < -0.3 is 14.6 Å².